The smallest absolute Gasteiger partial charge is 0.243 e. The molecule has 9 heteroatoms. The van der Waals surface area contributed by atoms with Gasteiger partial charge in [0.05, 0.1) is 22.2 Å². The lowest BCUT2D eigenvalue weighted by molar-refractivity contribution is -0.116. The number of sulfonamides is 1. The van der Waals surface area contributed by atoms with Crippen LogP contribution in [0.2, 0.25) is 10.0 Å². The third kappa shape index (κ3) is 4.45. The van der Waals surface area contributed by atoms with Crippen molar-refractivity contribution in [3.63, 3.8) is 0 Å². The number of halogens is 3. The van der Waals surface area contributed by atoms with Crippen molar-refractivity contribution in [2.75, 3.05) is 18.9 Å². The lowest BCUT2D eigenvalue weighted by Gasteiger charge is -2.17. The molecule has 2 aromatic rings. The summed E-state index contributed by atoms with van der Waals surface area (Å²) in [5, 5.41) is 2.86. The monoisotopic (exact) mass is 390 g/mol. The molecule has 0 aromatic heterocycles. The normalized spacial score (nSPS) is 11.5. The van der Waals surface area contributed by atoms with E-state index in [1.165, 1.54) is 37.4 Å². The summed E-state index contributed by atoms with van der Waals surface area (Å²) in [7, 11) is -2.57. The Balaban J connectivity index is 2.09. The number of nitrogens with zero attached hydrogens (tertiary/aromatic N) is 1. The molecule has 0 radical (unpaired) electrons. The number of amides is 1. The van der Waals surface area contributed by atoms with Crippen molar-refractivity contribution in [3.05, 3.63) is 58.3 Å². The number of nitrogens with one attached hydrogen (secondary N) is 1. The van der Waals surface area contributed by atoms with Gasteiger partial charge in [0.1, 0.15) is 5.82 Å². The molecular weight excluding hydrogens is 378 g/mol. The van der Waals surface area contributed by atoms with Crippen LogP contribution in [0.4, 0.5) is 10.1 Å². The second-order valence-corrected chi connectivity index (χ2v) is 7.78. The minimum Gasteiger partial charge on any atom is -0.324 e. The highest BCUT2D eigenvalue weighted by molar-refractivity contribution is 7.89. The first-order valence-electron chi connectivity index (χ1n) is 6.67. The molecule has 0 heterocycles. The molecule has 2 aromatic carbocycles. The van der Waals surface area contributed by atoms with Crippen molar-refractivity contribution in [1.82, 2.24) is 4.31 Å². The van der Waals surface area contributed by atoms with Crippen LogP contribution < -0.4 is 5.32 Å². The maximum absolute atomic E-state index is 13.0. The lowest BCUT2D eigenvalue weighted by atomic mass is 10.3. The molecule has 128 valence electrons. The lowest BCUT2D eigenvalue weighted by Crippen LogP contribution is -2.35. The predicted molar refractivity (Wildman–Crippen MR) is 91.3 cm³/mol. The zero-order chi connectivity index (χ0) is 17.9. The van der Waals surface area contributed by atoms with Crippen LogP contribution in [0.15, 0.2) is 47.4 Å². The van der Waals surface area contributed by atoms with E-state index in [9.17, 15) is 17.6 Å². The van der Waals surface area contributed by atoms with Crippen LogP contribution in [0, 0.1) is 5.82 Å². The van der Waals surface area contributed by atoms with Gasteiger partial charge in [-0.2, -0.15) is 4.31 Å². The summed E-state index contributed by atoms with van der Waals surface area (Å²) in [6, 6.07) is 9.07. The fraction of sp³-hybridized carbons (Fsp3) is 0.133. The molecule has 0 spiro atoms. The number of rotatable bonds is 5. The van der Waals surface area contributed by atoms with Crippen molar-refractivity contribution in [2.45, 2.75) is 4.90 Å². The number of anilines is 1. The van der Waals surface area contributed by atoms with Crippen LogP contribution in [-0.4, -0.2) is 32.2 Å². The van der Waals surface area contributed by atoms with Gasteiger partial charge in [0.2, 0.25) is 15.9 Å². The van der Waals surface area contributed by atoms with Crippen molar-refractivity contribution in [2.24, 2.45) is 0 Å². The molecule has 24 heavy (non-hydrogen) atoms. The van der Waals surface area contributed by atoms with Crippen LogP contribution in [0.25, 0.3) is 0 Å². The van der Waals surface area contributed by atoms with E-state index >= 15 is 0 Å². The van der Waals surface area contributed by atoms with Crippen LogP contribution in [0.5, 0.6) is 0 Å². The summed E-state index contributed by atoms with van der Waals surface area (Å²) in [4.78, 5) is 12.0. The van der Waals surface area contributed by atoms with Crippen LogP contribution in [0.3, 0.4) is 0 Å². The Labute approximate surface area is 149 Å². The highest BCUT2D eigenvalue weighted by Crippen LogP contribution is 2.22. The van der Waals surface area contributed by atoms with Crippen molar-refractivity contribution in [3.8, 4) is 0 Å². The summed E-state index contributed by atoms with van der Waals surface area (Å²) in [6.45, 7) is -0.432. The van der Waals surface area contributed by atoms with E-state index in [1.807, 2.05) is 0 Å². The van der Waals surface area contributed by atoms with Gasteiger partial charge in [-0.1, -0.05) is 23.2 Å². The fourth-order valence-corrected chi connectivity index (χ4v) is 3.32. The van der Waals surface area contributed by atoms with E-state index in [0.717, 1.165) is 16.4 Å². The van der Waals surface area contributed by atoms with E-state index in [1.54, 1.807) is 0 Å². The predicted octanol–water partition coefficient (Wildman–Crippen LogP) is 3.39. The topological polar surface area (TPSA) is 66.5 Å². The molecule has 0 aliphatic heterocycles. The van der Waals surface area contributed by atoms with E-state index in [4.69, 9.17) is 23.2 Å². The third-order valence-corrected chi connectivity index (χ3v) is 5.48. The second kappa shape index (κ2) is 7.48. The molecule has 0 fully saturated rings. The molecule has 0 saturated carbocycles. The Kier molecular flexibility index (Phi) is 5.82. The standard InChI is InChI=1S/C15H13Cl2FN2O3S/c1-20(24(22,23)12-5-2-10(16)3-6-12)9-15(21)19-14-7-4-11(18)8-13(14)17/h2-8H,9H2,1H3,(H,19,21). The van der Waals surface area contributed by atoms with Crippen LogP contribution >= 0.6 is 23.2 Å². The molecule has 0 atom stereocenters. The van der Waals surface area contributed by atoms with E-state index in [2.05, 4.69) is 5.32 Å². The van der Waals surface area contributed by atoms with E-state index in [0.29, 0.717) is 5.02 Å². The summed E-state index contributed by atoms with van der Waals surface area (Å²) in [5.41, 5.74) is 0.195. The Morgan fingerprint density at radius 3 is 2.38 bits per heavy atom. The van der Waals surface area contributed by atoms with E-state index in [-0.39, 0.29) is 15.6 Å². The Hall–Kier alpha value is -1.67. The SMILES string of the molecule is CN(CC(=O)Nc1ccc(F)cc1Cl)S(=O)(=O)c1ccc(Cl)cc1. The van der Waals surface area contributed by atoms with Gasteiger partial charge in [-0.25, -0.2) is 12.8 Å². The van der Waals surface area contributed by atoms with Crippen molar-refractivity contribution < 1.29 is 17.6 Å². The van der Waals surface area contributed by atoms with Gasteiger partial charge in [-0.3, -0.25) is 4.79 Å². The fourth-order valence-electron chi connectivity index (χ4n) is 1.85. The highest BCUT2D eigenvalue weighted by Gasteiger charge is 2.23. The molecule has 2 rings (SSSR count). The number of carbonyl (C=O) groups is 1. The van der Waals surface area contributed by atoms with Gasteiger partial charge in [0, 0.05) is 12.1 Å². The highest BCUT2D eigenvalue weighted by atomic mass is 35.5. The minimum atomic E-state index is -3.84. The molecular formula is C15H13Cl2FN2O3S. The first kappa shape index (κ1) is 18.7. The van der Waals surface area contributed by atoms with Crippen molar-refractivity contribution >= 4 is 44.8 Å². The van der Waals surface area contributed by atoms with Gasteiger partial charge in [0.25, 0.3) is 0 Å². The molecule has 1 amide bonds. The molecule has 0 unspecified atom stereocenters. The van der Waals surface area contributed by atoms with Crippen molar-refractivity contribution in [1.29, 1.82) is 0 Å². The number of benzene rings is 2. The zero-order valence-corrected chi connectivity index (χ0v) is 14.8. The van der Waals surface area contributed by atoms with Gasteiger partial charge in [-0.05, 0) is 42.5 Å². The number of likely N-dealkylation sites (N-methyl/N-ethyl adjacent to an activating group) is 1. The first-order valence-corrected chi connectivity index (χ1v) is 8.86. The first-order chi connectivity index (χ1) is 11.2. The average molecular weight is 391 g/mol. The quantitative estimate of drug-likeness (QED) is 0.850. The number of carbonyl (C=O) groups excluding carboxylic acids is 1. The molecule has 1 N–H and O–H groups in total. The molecule has 0 saturated heterocycles. The van der Waals surface area contributed by atoms with Crippen LogP contribution in [0.1, 0.15) is 0 Å². The van der Waals surface area contributed by atoms with Crippen LogP contribution in [-0.2, 0) is 14.8 Å². The maximum Gasteiger partial charge on any atom is 0.243 e. The van der Waals surface area contributed by atoms with Gasteiger partial charge < -0.3 is 5.32 Å². The Bertz CT molecular complexity index is 858. The molecule has 0 aliphatic rings. The van der Waals surface area contributed by atoms with Gasteiger partial charge in [-0.15, -0.1) is 0 Å². The zero-order valence-electron chi connectivity index (χ0n) is 12.5. The summed E-state index contributed by atoms with van der Waals surface area (Å²) in [5.74, 6) is -1.15. The summed E-state index contributed by atoms with van der Waals surface area (Å²) >= 11 is 11.5. The summed E-state index contributed by atoms with van der Waals surface area (Å²) in [6.07, 6.45) is 0. The number of hydrogen-bond acceptors (Lipinski definition) is 3. The van der Waals surface area contributed by atoms with Gasteiger partial charge in [0.15, 0.2) is 0 Å². The number of hydrogen-bond donors (Lipinski definition) is 1. The molecule has 0 bridgehead atoms. The van der Waals surface area contributed by atoms with Gasteiger partial charge >= 0.3 is 0 Å². The third-order valence-electron chi connectivity index (χ3n) is 3.09. The summed E-state index contributed by atoms with van der Waals surface area (Å²) < 4.78 is 38.6. The second-order valence-electron chi connectivity index (χ2n) is 4.89. The maximum atomic E-state index is 13.0. The largest absolute Gasteiger partial charge is 0.324 e. The Morgan fingerprint density at radius 2 is 1.79 bits per heavy atom. The minimum absolute atomic E-state index is 0.0158. The average Bonchev–Trinajstić information content (AvgIpc) is 2.50. The van der Waals surface area contributed by atoms with E-state index < -0.39 is 28.3 Å². The molecule has 5 nitrogen and oxygen atoms in total. The Morgan fingerprint density at radius 1 is 1.17 bits per heavy atom. The molecule has 0 aliphatic carbocycles.